The Labute approximate surface area is 168 Å². The molecule has 4 nitrogen and oxygen atoms in total. The zero-order chi connectivity index (χ0) is 20.6. The number of nitrogens with zero attached hydrogens (tertiary/aromatic N) is 2. The first kappa shape index (κ1) is 19.1. The number of benzene rings is 2. The predicted octanol–water partition coefficient (Wildman–Crippen LogP) is 5.94. The van der Waals surface area contributed by atoms with Crippen LogP contribution in [0.2, 0.25) is 0 Å². The molecule has 2 heterocycles. The van der Waals surface area contributed by atoms with Gasteiger partial charge in [0.1, 0.15) is 5.01 Å². The maximum absolute atomic E-state index is 13.2. The smallest absolute Gasteiger partial charge is 0.322 e. The number of thiazole rings is 1. The van der Waals surface area contributed by atoms with Crippen molar-refractivity contribution in [2.24, 2.45) is 0 Å². The molecule has 0 aliphatic heterocycles. The van der Waals surface area contributed by atoms with E-state index in [0.717, 1.165) is 44.8 Å². The first-order valence-corrected chi connectivity index (χ1v) is 9.44. The van der Waals surface area contributed by atoms with Crippen molar-refractivity contribution in [3.8, 4) is 10.6 Å². The molecule has 0 saturated carbocycles. The quantitative estimate of drug-likeness (QED) is 0.452. The Hall–Kier alpha value is -3.26. The number of hydrogen-bond donors (Lipinski definition) is 1. The molecule has 4 aromatic rings. The lowest BCUT2D eigenvalue weighted by atomic mass is 10.1. The number of amides is 1. The number of carbonyl (C=O) groups excluding carboxylic acids is 1. The van der Waals surface area contributed by atoms with Crippen molar-refractivity contribution in [3.63, 3.8) is 0 Å². The lowest BCUT2D eigenvalue weighted by molar-refractivity contribution is -0.138. The highest BCUT2D eigenvalue weighted by Crippen LogP contribution is 2.34. The Morgan fingerprint density at radius 2 is 1.90 bits per heavy atom. The first-order chi connectivity index (χ1) is 13.8. The van der Waals surface area contributed by atoms with Crippen molar-refractivity contribution in [1.82, 2.24) is 9.97 Å². The van der Waals surface area contributed by atoms with Gasteiger partial charge in [0.25, 0.3) is 5.91 Å². The molecule has 1 N–H and O–H groups in total. The average Bonchev–Trinajstić information content (AvgIpc) is 3.13. The second kappa shape index (κ2) is 7.29. The summed E-state index contributed by atoms with van der Waals surface area (Å²) in [4.78, 5) is 20.8. The number of fused-ring (bicyclic) bond motifs is 1. The number of rotatable bonds is 3. The van der Waals surface area contributed by atoms with Crippen LogP contribution in [0.1, 0.15) is 21.5 Å². The summed E-state index contributed by atoms with van der Waals surface area (Å²) in [6.07, 6.45) is -2.71. The van der Waals surface area contributed by atoms with E-state index in [1.807, 2.05) is 30.3 Å². The van der Waals surface area contributed by atoms with Crippen molar-refractivity contribution in [1.29, 1.82) is 0 Å². The SMILES string of the molecule is Cc1ccc(-c2nc3ccccc3s2)cc1NC(=O)c1cnccc1C(F)(F)F. The Kier molecular flexibility index (Phi) is 4.79. The molecule has 0 atom stereocenters. The van der Waals surface area contributed by atoms with Crippen LogP contribution in [0, 0.1) is 6.92 Å². The number of anilines is 1. The van der Waals surface area contributed by atoms with E-state index in [-0.39, 0.29) is 0 Å². The zero-order valence-corrected chi connectivity index (χ0v) is 15.9. The van der Waals surface area contributed by atoms with Gasteiger partial charge in [-0.3, -0.25) is 9.78 Å². The highest BCUT2D eigenvalue weighted by molar-refractivity contribution is 7.21. The third-order valence-electron chi connectivity index (χ3n) is 4.40. The zero-order valence-electron chi connectivity index (χ0n) is 15.1. The second-order valence-electron chi connectivity index (χ2n) is 6.39. The van der Waals surface area contributed by atoms with Gasteiger partial charge in [0, 0.05) is 23.6 Å². The number of carbonyl (C=O) groups is 1. The lowest BCUT2D eigenvalue weighted by Gasteiger charge is -2.14. The molecule has 0 unspecified atom stereocenters. The molecular formula is C21H14F3N3OS. The van der Waals surface area contributed by atoms with Gasteiger partial charge in [-0.25, -0.2) is 4.98 Å². The minimum atomic E-state index is -4.65. The van der Waals surface area contributed by atoms with E-state index in [9.17, 15) is 18.0 Å². The van der Waals surface area contributed by atoms with E-state index in [4.69, 9.17) is 0 Å². The molecule has 2 aromatic heterocycles. The summed E-state index contributed by atoms with van der Waals surface area (Å²) in [6, 6.07) is 13.9. The van der Waals surface area contributed by atoms with Crippen LogP contribution in [0.5, 0.6) is 0 Å². The summed E-state index contributed by atoms with van der Waals surface area (Å²) in [7, 11) is 0. The monoisotopic (exact) mass is 413 g/mol. The summed E-state index contributed by atoms with van der Waals surface area (Å²) >= 11 is 1.50. The minimum absolute atomic E-state index is 0.420. The number of aryl methyl sites for hydroxylation is 1. The van der Waals surface area contributed by atoms with Gasteiger partial charge in [-0.1, -0.05) is 24.3 Å². The third-order valence-corrected chi connectivity index (χ3v) is 5.48. The van der Waals surface area contributed by atoms with Crippen molar-refractivity contribution in [2.45, 2.75) is 13.1 Å². The largest absolute Gasteiger partial charge is 0.417 e. The van der Waals surface area contributed by atoms with Crippen LogP contribution in [-0.4, -0.2) is 15.9 Å². The van der Waals surface area contributed by atoms with Gasteiger partial charge in [-0.2, -0.15) is 13.2 Å². The predicted molar refractivity (Wildman–Crippen MR) is 107 cm³/mol. The number of alkyl halides is 3. The van der Waals surface area contributed by atoms with Gasteiger partial charge in [-0.15, -0.1) is 11.3 Å². The van der Waals surface area contributed by atoms with Crippen LogP contribution >= 0.6 is 11.3 Å². The molecule has 0 aliphatic carbocycles. The Balaban J connectivity index is 1.68. The van der Waals surface area contributed by atoms with E-state index in [1.165, 1.54) is 11.3 Å². The van der Waals surface area contributed by atoms with E-state index in [1.54, 1.807) is 19.1 Å². The topological polar surface area (TPSA) is 54.9 Å². The van der Waals surface area contributed by atoms with Crippen molar-refractivity contribution in [2.75, 3.05) is 5.32 Å². The molecule has 0 saturated heterocycles. The van der Waals surface area contributed by atoms with E-state index in [0.29, 0.717) is 5.69 Å². The first-order valence-electron chi connectivity index (χ1n) is 8.62. The number of pyridine rings is 1. The highest BCUT2D eigenvalue weighted by Gasteiger charge is 2.35. The fourth-order valence-electron chi connectivity index (χ4n) is 2.90. The van der Waals surface area contributed by atoms with Crippen molar-refractivity contribution >= 4 is 33.1 Å². The van der Waals surface area contributed by atoms with Gasteiger partial charge < -0.3 is 5.32 Å². The molecule has 0 fully saturated rings. The molecule has 8 heteroatoms. The second-order valence-corrected chi connectivity index (χ2v) is 7.42. The summed E-state index contributed by atoms with van der Waals surface area (Å²) in [6.45, 7) is 1.77. The number of halogens is 3. The van der Waals surface area contributed by atoms with Gasteiger partial charge >= 0.3 is 6.18 Å². The van der Waals surface area contributed by atoms with Crippen LogP contribution in [0.3, 0.4) is 0 Å². The van der Waals surface area contributed by atoms with Crippen molar-refractivity contribution < 1.29 is 18.0 Å². The van der Waals surface area contributed by atoms with Crippen LogP contribution < -0.4 is 5.32 Å². The normalized spacial score (nSPS) is 11.6. The molecule has 0 aliphatic rings. The van der Waals surface area contributed by atoms with Gasteiger partial charge in [0.15, 0.2) is 0 Å². The molecule has 0 radical (unpaired) electrons. The molecule has 4 rings (SSSR count). The molecule has 0 spiro atoms. The van der Waals surface area contributed by atoms with E-state index < -0.39 is 23.2 Å². The number of nitrogens with one attached hydrogen (secondary N) is 1. The van der Waals surface area contributed by atoms with E-state index >= 15 is 0 Å². The fourth-order valence-corrected chi connectivity index (χ4v) is 3.86. The Bertz CT molecular complexity index is 1180. The maximum Gasteiger partial charge on any atom is 0.417 e. The Morgan fingerprint density at radius 3 is 2.66 bits per heavy atom. The van der Waals surface area contributed by atoms with Crippen molar-refractivity contribution in [3.05, 3.63) is 77.6 Å². The summed E-state index contributed by atoms with van der Waals surface area (Å²) < 4.78 is 40.6. The fraction of sp³-hybridized carbons (Fsp3) is 0.0952. The number of aromatic nitrogens is 2. The lowest BCUT2D eigenvalue weighted by Crippen LogP contribution is -2.19. The molecule has 0 bridgehead atoms. The van der Waals surface area contributed by atoms with Gasteiger partial charge in [-0.05, 0) is 36.8 Å². The molecule has 1 amide bonds. The molecule has 2 aromatic carbocycles. The molecular weight excluding hydrogens is 399 g/mol. The summed E-state index contributed by atoms with van der Waals surface area (Å²) in [5.74, 6) is -0.866. The maximum atomic E-state index is 13.2. The summed E-state index contributed by atoms with van der Waals surface area (Å²) in [5.41, 5.74) is 1.23. The minimum Gasteiger partial charge on any atom is -0.322 e. The number of para-hydroxylation sites is 1. The average molecular weight is 413 g/mol. The van der Waals surface area contributed by atoms with Crippen LogP contribution in [-0.2, 0) is 6.18 Å². The molecule has 146 valence electrons. The Morgan fingerprint density at radius 1 is 1.10 bits per heavy atom. The molecule has 29 heavy (non-hydrogen) atoms. The van der Waals surface area contributed by atoms with Crippen LogP contribution in [0.25, 0.3) is 20.8 Å². The van der Waals surface area contributed by atoms with Crippen LogP contribution in [0.15, 0.2) is 60.9 Å². The standard InChI is InChI=1S/C21H14F3N3OS/c1-12-6-7-13(20-27-16-4-2-3-5-18(16)29-20)10-17(12)26-19(28)14-11-25-9-8-15(14)21(22,23)24/h2-11H,1H3,(H,26,28). The van der Waals surface area contributed by atoms with Gasteiger partial charge in [0.2, 0.25) is 0 Å². The van der Waals surface area contributed by atoms with Crippen LogP contribution in [0.4, 0.5) is 18.9 Å². The highest BCUT2D eigenvalue weighted by atomic mass is 32.1. The van der Waals surface area contributed by atoms with Gasteiger partial charge in [0.05, 0.1) is 21.3 Å². The third kappa shape index (κ3) is 3.84. The van der Waals surface area contributed by atoms with E-state index in [2.05, 4.69) is 15.3 Å². The number of hydrogen-bond acceptors (Lipinski definition) is 4. The summed E-state index contributed by atoms with van der Waals surface area (Å²) in [5, 5.41) is 3.34.